The third-order valence-electron chi connectivity index (χ3n) is 14.1. The highest BCUT2D eigenvalue weighted by Gasteiger charge is 2.40. The van der Waals surface area contributed by atoms with Crippen molar-refractivity contribution >= 4 is 47.2 Å². The zero-order chi connectivity index (χ0) is 62.6. The van der Waals surface area contributed by atoms with Gasteiger partial charge < -0.3 is 66.0 Å². The molecule has 2 fully saturated rings. The Labute approximate surface area is 498 Å². The molecule has 0 bridgehead atoms. The quantitative estimate of drug-likeness (QED) is 0.0335. The molecule has 5 heterocycles. The summed E-state index contributed by atoms with van der Waals surface area (Å²) in [5.74, 6) is -4.44. The molecule has 5 rings (SSSR count). The van der Waals surface area contributed by atoms with Gasteiger partial charge in [0.05, 0.1) is 100 Å². The summed E-state index contributed by atoms with van der Waals surface area (Å²) >= 11 is 0. The summed E-state index contributed by atoms with van der Waals surface area (Å²) in [7, 11) is 1.27. The van der Waals surface area contributed by atoms with Crippen LogP contribution in [0.1, 0.15) is 61.8 Å². The maximum atomic E-state index is 14.2. The lowest BCUT2D eigenvalue weighted by molar-refractivity contribution is -0.143. The van der Waals surface area contributed by atoms with Crippen molar-refractivity contribution in [3.05, 3.63) is 59.5 Å². The van der Waals surface area contributed by atoms with Gasteiger partial charge >= 0.3 is 24.1 Å². The number of hydrogen-bond donors (Lipinski definition) is 7. The molecular weight excluding hydrogens is 1130 g/mol. The number of aliphatic carboxylic acids is 2. The number of halogens is 3. The Morgan fingerprint density at radius 2 is 1.34 bits per heavy atom. The molecule has 30 heteroatoms. The minimum Gasteiger partial charge on any atom is -0.480 e. The number of aromatic nitrogens is 3. The Kier molecular flexibility index (Phi) is 29.0. The molecule has 0 spiro atoms. The Bertz CT molecular complexity index is 2700. The van der Waals surface area contributed by atoms with Gasteiger partial charge in [-0.2, -0.15) is 13.2 Å². The van der Waals surface area contributed by atoms with E-state index in [9.17, 15) is 56.9 Å². The van der Waals surface area contributed by atoms with E-state index in [1.165, 1.54) is 18.1 Å². The summed E-state index contributed by atoms with van der Waals surface area (Å²) in [5.41, 5.74) is 6.92. The smallest absolute Gasteiger partial charge is 0.434 e. The molecule has 476 valence electrons. The molecule has 2 aliphatic rings. The number of carbonyl (C=O) groups is 7. The van der Waals surface area contributed by atoms with Crippen LogP contribution in [0, 0.1) is 0 Å². The normalized spacial score (nSPS) is 16.5. The predicted molar refractivity (Wildman–Crippen MR) is 308 cm³/mol. The second-order valence-corrected chi connectivity index (χ2v) is 20.3. The molecule has 0 radical (unpaired) electrons. The predicted octanol–water partition coefficient (Wildman–Crippen LogP) is 0.222. The molecule has 3 aromatic heterocycles. The number of anilines is 1. The number of hydrogen-bond acceptors (Lipinski definition) is 21. The number of carboxylic acids is 2. The minimum absolute atomic E-state index is 0.0268. The van der Waals surface area contributed by atoms with Crippen LogP contribution in [0.4, 0.5) is 18.9 Å². The summed E-state index contributed by atoms with van der Waals surface area (Å²) in [6.07, 6.45) is -2.51. The summed E-state index contributed by atoms with van der Waals surface area (Å²) < 4.78 is 64.0. The van der Waals surface area contributed by atoms with Gasteiger partial charge in [0.15, 0.2) is 5.69 Å². The van der Waals surface area contributed by atoms with Gasteiger partial charge in [0.1, 0.15) is 0 Å². The summed E-state index contributed by atoms with van der Waals surface area (Å²) in [6.45, 7) is 9.85. The fourth-order valence-electron chi connectivity index (χ4n) is 9.66. The van der Waals surface area contributed by atoms with Gasteiger partial charge in [-0.1, -0.05) is 6.92 Å². The van der Waals surface area contributed by atoms with E-state index in [4.69, 9.17) is 29.7 Å². The number of nitrogens with zero attached hydrogens (tertiary/aromatic N) is 9. The van der Waals surface area contributed by atoms with Gasteiger partial charge in [-0.3, -0.25) is 53.2 Å². The van der Waals surface area contributed by atoms with Crippen LogP contribution in [-0.2, 0) is 51.0 Å². The first-order valence-corrected chi connectivity index (χ1v) is 28.8. The van der Waals surface area contributed by atoms with Gasteiger partial charge in [-0.15, -0.1) is 0 Å². The largest absolute Gasteiger partial charge is 0.480 e. The molecule has 2 saturated heterocycles. The Morgan fingerprint density at radius 1 is 0.721 bits per heavy atom. The summed E-state index contributed by atoms with van der Waals surface area (Å²) in [6, 6.07) is 8.37. The number of nitrogens with one attached hydrogen (secondary N) is 4. The van der Waals surface area contributed by atoms with Crippen molar-refractivity contribution in [2.24, 2.45) is 5.73 Å². The van der Waals surface area contributed by atoms with E-state index >= 15 is 0 Å². The van der Waals surface area contributed by atoms with Gasteiger partial charge in [0.25, 0.3) is 5.91 Å². The van der Waals surface area contributed by atoms with Crippen LogP contribution in [0.25, 0.3) is 11.3 Å². The van der Waals surface area contributed by atoms with Gasteiger partial charge in [0.2, 0.25) is 29.5 Å². The third-order valence-corrected chi connectivity index (χ3v) is 14.1. The lowest BCUT2D eigenvalue weighted by Crippen LogP contribution is -2.55. The average molecular weight is 1220 g/mol. The molecule has 27 nitrogen and oxygen atoms in total. The fourth-order valence-corrected chi connectivity index (χ4v) is 9.66. The van der Waals surface area contributed by atoms with Crippen LogP contribution in [-0.4, -0.2) is 261 Å². The number of carbonyl (C=O) groups excluding carboxylic acids is 5. The standard InChI is InChI=1S/C56H83F3N14O13/c1-5-39-34-72(55(82)41-11-14-48(85-6-2)67-52(41)56(57,58)59)28-29-73(39)45-13-12-43(40-10-8-16-65-54(40)86-7-3)66-44(45)33-61-15-9-17-64-53(81)42(60)32-46(74)62-18-30-84-31-19-63-47(75)35-68-20-22-69(36-49(76)77)23-24-70(37-50(78)79)25-27-71(26-21-68)38-51(80)83-4/h8,10-14,16,39,42,61H,5-7,9,15,17-38,60H2,1-4H3,(H,62,74)(H,63,75)(H,64,81)(H,76,77)(H,78,79). The average Bonchev–Trinajstić information content (AvgIpc) is 1.43. The van der Waals surface area contributed by atoms with Gasteiger partial charge in [0, 0.05) is 116 Å². The number of nitrogens with two attached hydrogens (primary N) is 1. The number of esters is 1. The highest BCUT2D eigenvalue weighted by atomic mass is 19.4. The topological polar surface area (TPSA) is 329 Å². The number of pyridine rings is 3. The molecule has 4 amide bonds. The van der Waals surface area contributed by atoms with Crippen LogP contribution in [0.2, 0.25) is 0 Å². The first-order chi connectivity index (χ1) is 41.2. The number of rotatable bonds is 31. The van der Waals surface area contributed by atoms with Crippen LogP contribution in [0.15, 0.2) is 42.6 Å². The number of piperazine rings is 1. The highest BCUT2D eigenvalue weighted by Crippen LogP contribution is 2.35. The van der Waals surface area contributed by atoms with Gasteiger partial charge in [-0.25, -0.2) is 15.0 Å². The summed E-state index contributed by atoms with van der Waals surface area (Å²) in [5, 5.41) is 30.6. The van der Waals surface area contributed by atoms with Crippen LogP contribution in [0.5, 0.6) is 11.8 Å². The second-order valence-electron chi connectivity index (χ2n) is 20.3. The van der Waals surface area contributed by atoms with Crippen LogP contribution >= 0.6 is 0 Å². The van der Waals surface area contributed by atoms with E-state index in [0.717, 1.165) is 11.8 Å². The zero-order valence-electron chi connectivity index (χ0n) is 49.4. The third kappa shape index (κ3) is 23.2. The number of methoxy groups -OCH3 is 1. The molecule has 86 heavy (non-hydrogen) atoms. The Hall–Kier alpha value is -7.35. The molecule has 0 aromatic carbocycles. The van der Waals surface area contributed by atoms with Crippen LogP contribution in [0.3, 0.4) is 0 Å². The van der Waals surface area contributed by atoms with Crippen molar-refractivity contribution < 1.29 is 75.9 Å². The maximum Gasteiger partial charge on any atom is 0.434 e. The van der Waals surface area contributed by atoms with E-state index in [2.05, 4.69) is 36.1 Å². The van der Waals surface area contributed by atoms with Crippen molar-refractivity contribution in [2.45, 2.75) is 64.8 Å². The van der Waals surface area contributed by atoms with Crippen molar-refractivity contribution in [3.8, 4) is 23.0 Å². The molecule has 0 saturated carbocycles. The molecule has 2 aliphatic heterocycles. The maximum absolute atomic E-state index is 14.2. The minimum atomic E-state index is -4.89. The first-order valence-electron chi connectivity index (χ1n) is 28.8. The zero-order valence-corrected chi connectivity index (χ0v) is 49.4. The van der Waals surface area contributed by atoms with Crippen LogP contribution < -0.4 is 41.4 Å². The van der Waals surface area contributed by atoms with E-state index in [0.29, 0.717) is 88.1 Å². The fraction of sp³-hybridized carbons (Fsp3) is 0.607. The highest BCUT2D eigenvalue weighted by molar-refractivity contribution is 5.96. The molecule has 8 N–H and O–H groups in total. The molecule has 0 aliphatic carbocycles. The van der Waals surface area contributed by atoms with E-state index in [1.54, 1.807) is 29.0 Å². The van der Waals surface area contributed by atoms with Crippen molar-refractivity contribution in [3.63, 3.8) is 0 Å². The summed E-state index contributed by atoms with van der Waals surface area (Å²) in [4.78, 5) is 111. The van der Waals surface area contributed by atoms with Crippen molar-refractivity contribution in [1.29, 1.82) is 0 Å². The Morgan fingerprint density at radius 3 is 1.93 bits per heavy atom. The monoisotopic (exact) mass is 1220 g/mol. The number of amides is 4. The first kappa shape index (κ1) is 69.4. The van der Waals surface area contributed by atoms with E-state index in [-0.39, 0.29) is 129 Å². The number of ether oxygens (including phenoxy) is 4. The van der Waals surface area contributed by atoms with E-state index < -0.39 is 59.1 Å². The lowest BCUT2D eigenvalue weighted by Gasteiger charge is -2.43. The second kappa shape index (κ2) is 36.0. The van der Waals surface area contributed by atoms with Crippen molar-refractivity contribution in [1.82, 2.24) is 60.7 Å². The van der Waals surface area contributed by atoms with Gasteiger partial charge in [-0.05, 0) is 63.6 Å². The Balaban J connectivity index is 1.05. The number of alkyl halides is 3. The molecule has 2 atom stereocenters. The van der Waals surface area contributed by atoms with Crippen molar-refractivity contribution in [2.75, 3.05) is 163 Å². The lowest BCUT2D eigenvalue weighted by atomic mass is 10.0. The molecular formula is C56H83F3N14O13. The van der Waals surface area contributed by atoms with E-state index in [1.807, 2.05) is 41.8 Å². The number of carboxylic acid groups (broad SMARTS) is 2. The molecule has 2 unspecified atom stereocenters. The SMILES string of the molecule is CCOc1ccc(C(=O)N2CCN(c3ccc(-c4cccnc4OCC)nc3CNCCCNC(=O)C(N)CC(=O)NCCOCCNC(=O)CN3CCN(CC(=O)O)CCN(CC(=O)O)CCN(CC(=O)OC)CC3)C(CC)C2)c(C(F)(F)F)n1. The molecule has 3 aromatic rings.